The smallest absolute Gasteiger partial charge is 0.423 e. The number of fused-ring (bicyclic) bond motifs is 2. The molecule has 0 saturated heterocycles. The molecule has 0 amide bonds. The molecule has 0 bridgehead atoms. The van der Waals surface area contributed by atoms with Gasteiger partial charge in [0.15, 0.2) is 0 Å². The molecule has 0 fully saturated rings. The lowest BCUT2D eigenvalue weighted by molar-refractivity contribution is 0.426. The van der Waals surface area contributed by atoms with Crippen molar-refractivity contribution < 1.29 is 10.0 Å². The summed E-state index contributed by atoms with van der Waals surface area (Å²) >= 11 is 6.02. The van der Waals surface area contributed by atoms with Crippen LogP contribution in [0, 0.1) is 16.7 Å². The molecule has 4 aromatic heterocycles. The first-order valence-electron chi connectivity index (χ1n) is 18.7. The summed E-state index contributed by atoms with van der Waals surface area (Å²) in [6.45, 7) is 17.5. The summed E-state index contributed by atoms with van der Waals surface area (Å²) in [7, 11) is -1.35. The van der Waals surface area contributed by atoms with Crippen molar-refractivity contribution in [3.8, 4) is 33.0 Å². The average Bonchev–Trinajstić information content (AvgIpc) is 3.78. The van der Waals surface area contributed by atoms with Crippen molar-refractivity contribution in [3.63, 3.8) is 0 Å². The Bertz CT molecular complexity index is 2530. The number of hydrogen-bond acceptors (Lipinski definition) is 6. The fourth-order valence-electron chi connectivity index (χ4n) is 6.21. The summed E-state index contributed by atoms with van der Waals surface area (Å²) in [5.41, 5.74) is 11.8. The minimum absolute atomic E-state index is 0.166. The number of thiophene rings is 2. The molecule has 0 unspecified atom stereocenters. The van der Waals surface area contributed by atoms with Gasteiger partial charge in [0.2, 0.25) is 0 Å². The molecule has 0 saturated carbocycles. The normalized spacial score (nSPS) is 11.5. The van der Waals surface area contributed by atoms with Crippen molar-refractivity contribution in [2.45, 2.75) is 66.2 Å². The zero-order valence-corrected chi connectivity index (χ0v) is 37.1. The van der Waals surface area contributed by atoms with Gasteiger partial charge in [0.1, 0.15) is 0 Å². The number of benzene rings is 4. The molecule has 0 aliphatic heterocycles. The van der Waals surface area contributed by atoms with Crippen molar-refractivity contribution in [1.29, 1.82) is 0 Å². The second-order valence-electron chi connectivity index (χ2n) is 16.1. The maximum atomic E-state index is 8.67. The topological polar surface area (TPSA) is 66.2 Å². The lowest BCUT2D eigenvalue weighted by Gasteiger charge is -2.19. The van der Waals surface area contributed by atoms with E-state index in [2.05, 4.69) is 173 Å². The molecule has 284 valence electrons. The van der Waals surface area contributed by atoms with Crippen LogP contribution in [0.1, 0.15) is 63.8 Å². The van der Waals surface area contributed by atoms with Gasteiger partial charge >= 0.3 is 7.12 Å². The van der Waals surface area contributed by atoms with Gasteiger partial charge in [0.05, 0.1) is 14.3 Å². The number of rotatable bonds is 4. The summed E-state index contributed by atoms with van der Waals surface area (Å²) in [5, 5.41) is 19.8. The Morgan fingerprint density at radius 2 is 0.929 bits per heavy atom. The Hall–Kier alpha value is -4.19. The van der Waals surface area contributed by atoms with E-state index >= 15 is 0 Å². The van der Waals surface area contributed by atoms with Crippen LogP contribution in [0.5, 0.6) is 0 Å². The Labute approximate surface area is 353 Å². The first-order chi connectivity index (χ1) is 26.6. The number of halogens is 1. The highest BCUT2D eigenvalue weighted by molar-refractivity contribution is 14.1. The van der Waals surface area contributed by atoms with E-state index in [1.807, 2.05) is 54.1 Å². The van der Waals surface area contributed by atoms with Gasteiger partial charge in [-0.25, -0.2) is 0 Å². The Balaban J connectivity index is 0.000000156. The molecular weight excluding hydrogens is 838 g/mol. The zero-order valence-electron chi connectivity index (χ0n) is 33.3. The molecule has 2 N–H and O–H groups in total. The van der Waals surface area contributed by atoms with E-state index in [0.717, 1.165) is 17.0 Å². The number of hydrogen-bond donors (Lipinski definition) is 2. The molecular formula is C48H48BIN2O2S2. The Morgan fingerprint density at radius 1 is 0.518 bits per heavy atom. The van der Waals surface area contributed by atoms with Gasteiger partial charge in [-0.3, -0.25) is 9.97 Å². The summed E-state index contributed by atoms with van der Waals surface area (Å²) in [5.74, 6) is 0. The molecule has 0 spiro atoms. The highest BCUT2D eigenvalue weighted by atomic mass is 127. The molecule has 4 aromatic carbocycles. The van der Waals surface area contributed by atoms with Crippen LogP contribution in [-0.2, 0) is 10.8 Å². The van der Waals surface area contributed by atoms with Crippen molar-refractivity contribution in [2.75, 3.05) is 0 Å². The lowest BCUT2D eigenvalue weighted by Crippen LogP contribution is -2.29. The largest absolute Gasteiger partial charge is 0.488 e. The van der Waals surface area contributed by atoms with Crippen LogP contribution < -0.4 is 5.46 Å². The molecule has 8 aromatic rings. The Kier molecular flexibility index (Phi) is 13.0. The van der Waals surface area contributed by atoms with Crippen LogP contribution in [0.25, 0.3) is 53.1 Å². The molecule has 56 heavy (non-hydrogen) atoms. The molecule has 8 heteroatoms. The van der Waals surface area contributed by atoms with E-state index < -0.39 is 7.12 Å². The van der Waals surface area contributed by atoms with Crippen LogP contribution >= 0.6 is 45.3 Å². The van der Waals surface area contributed by atoms with E-state index in [9.17, 15) is 0 Å². The van der Waals surface area contributed by atoms with Gasteiger partial charge in [-0.05, 0) is 93.7 Å². The van der Waals surface area contributed by atoms with Gasteiger partial charge in [0.25, 0.3) is 0 Å². The molecule has 4 nitrogen and oxygen atoms in total. The van der Waals surface area contributed by atoms with E-state index in [0.29, 0.717) is 5.46 Å². The summed E-state index contributed by atoms with van der Waals surface area (Å²) < 4.78 is 3.89. The monoisotopic (exact) mass is 886 g/mol. The van der Waals surface area contributed by atoms with Gasteiger partial charge < -0.3 is 10.0 Å². The summed E-state index contributed by atoms with van der Waals surface area (Å²) in [6.07, 6.45) is 3.83. The number of nitrogens with zero attached hydrogens (tertiary/aromatic N) is 2. The highest BCUT2D eigenvalue weighted by Crippen LogP contribution is 2.38. The third-order valence-electron chi connectivity index (χ3n) is 9.62. The van der Waals surface area contributed by atoms with Gasteiger partial charge in [-0.2, -0.15) is 0 Å². The third kappa shape index (κ3) is 10.2. The van der Waals surface area contributed by atoms with Gasteiger partial charge in [-0.15, -0.1) is 22.7 Å². The van der Waals surface area contributed by atoms with Gasteiger partial charge in [0, 0.05) is 48.6 Å². The first kappa shape index (κ1) is 41.4. The molecule has 0 radical (unpaired) electrons. The fraction of sp³-hybridized carbons (Fsp3) is 0.208. The SMILES string of the molecule is CC(C)(C)c1ccc(-c2nccc3sc(I)cc23)cc1.Cc1ccc(-c2cc3c(-c4ccc(C(C)(C)C)cc4)nccc3s2)cc1.Cc1ccc(B(O)O)cc1. The van der Waals surface area contributed by atoms with Crippen molar-refractivity contribution in [2.24, 2.45) is 0 Å². The molecule has 0 aliphatic carbocycles. The predicted octanol–water partition coefficient (Wildman–Crippen LogP) is 12.8. The van der Waals surface area contributed by atoms with Crippen LogP contribution in [0.2, 0.25) is 0 Å². The zero-order chi connectivity index (χ0) is 40.2. The van der Waals surface area contributed by atoms with Crippen LogP contribution in [0.3, 0.4) is 0 Å². The van der Waals surface area contributed by atoms with Crippen molar-refractivity contribution in [3.05, 3.63) is 159 Å². The van der Waals surface area contributed by atoms with E-state index in [-0.39, 0.29) is 10.8 Å². The third-order valence-corrected chi connectivity index (χ3v) is 12.6. The van der Waals surface area contributed by atoms with E-state index in [1.54, 1.807) is 12.1 Å². The average molecular weight is 887 g/mol. The maximum absolute atomic E-state index is 8.67. The predicted molar refractivity (Wildman–Crippen MR) is 251 cm³/mol. The minimum atomic E-state index is -1.35. The van der Waals surface area contributed by atoms with Gasteiger partial charge in [-0.1, -0.05) is 150 Å². The van der Waals surface area contributed by atoms with Crippen LogP contribution in [0.4, 0.5) is 0 Å². The fourth-order valence-corrected chi connectivity index (χ4v) is 9.08. The minimum Gasteiger partial charge on any atom is -0.423 e. The van der Waals surface area contributed by atoms with Crippen molar-refractivity contribution >= 4 is 78.0 Å². The first-order valence-corrected chi connectivity index (χ1v) is 21.4. The van der Waals surface area contributed by atoms with Crippen LogP contribution in [-0.4, -0.2) is 27.1 Å². The lowest BCUT2D eigenvalue weighted by atomic mass is 9.80. The maximum Gasteiger partial charge on any atom is 0.488 e. The highest BCUT2D eigenvalue weighted by Gasteiger charge is 2.16. The second kappa shape index (κ2) is 17.5. The standard InChI is InChI=1S/C24H23NS.C17H16INS.C7H9BO2/c1-16-5-7-17(8-6-16)22-15-20-21(26-22)13-14-25-23(20)18-9-11-19(12-10-18)24(2,3)4;1-17(2,3)12-6-4-11(5-7-12)16-13-10-15(18)20-14(13)8-9-19-16;1-6-2-4-7(5-3-6)8(9)10/h5-15H,1-4H3;4-10H,1-3H3;2-5,9-10H,1H3. The molecule has 0 aliphatic rings. The quantitative estimate of drug-likeness (QED) is 0.136. The summed E-state index contributed by atoms with van der Waals surface area (Å²) in [6, 6.07) is 42.2. The number of aryl methyl sites for hydroxylation is 2. The second-order valence-corrected chi connectivity index (χ2v) is 20.2. The molecule has 8 rings (SSSR count). The van der Waals surface area contributed by atoms with Crippen LogP contribution in [0.15, 0.2) is 134 Å². The number of pyridine rings is 2. The van der Waals surface area contributed by atoms with E-state index in [1.165, 1.54) is 61.3 Å². The number of aromatic nitrogens is 2. The molecule has 4 heterocycles. The Morgan fingerprint density at radius 3 is 1.38 bits per heavy atom. The van der Waals surface area contributed by atoms with Crippen molar-refractivity contribution in [1.82, 2.24) is 9.97 Å². The van der Waals surface area contributed by atoms with E-state index in [4.69, 9.17) is 15.0 Å². The summed E-state index contributed by atoms with van der Waals surface area (Å²) in [4.78, 5) is 10.6. The molecule has 0 atom stereocenters.